The molecule has 0 atom stereocenters. The van der Waals surface area contributed by atoms with Crippen molar-refractivity contribution in [2.45, 2.75) is 154 Å². The molecule has 0 amide bonds. The van der Waals surface area contributed by atoms with Crippen molar-refractivity contribution in [3.05, 3.63) is 0 Å². The van der Waals surface area contributed by atoms with Crippen LogP contribution < -0.4 is 0 Å². The van der Waals surface area contributed by atoms with Gasteiger partial charge in [0, 0.05) is 0 Å². The molecule has 175 valence electrons. The number of carbonyl (C=O) groups is 1. The van der Waals surface area contributed by atoms with Crippen LogP contribution in [0.25, 0.3) is 0 Å². The zero-order chi connectivity index (χ0) is 21.6. The molecule has 0 spiro atoms. The average molecular weight is 520 g/mol. The fourth-order valence-corrected chi connectivity index (χ4v) is 17.1. The van der Waals surface area contributed by atoms with E-state index in [0.717, 1.165) is 0 Å². The molecule has 2 nitrogen and oxygen atoms in total. The van der Waals surface area contributed by atoms with Crippen LogP contribution in [0.15, 0.2) is 0 Å². The summed E-state index contributed by atoms with van der Waals surface area (Å²) in [6, 6.07) is 0. The maximum absolute atomic E-state index is 11.8. The van der Waals surface area contributed by atoms with Crippen molar-refractivity contribution >= 4 is 24.8 Å². The van der Waals surface area contributed by atoms with E-state index >= 15 is 0 Å². The summed E-state index contributed by atoms with van der Waals surface area (Å²) >= 11 is -2.42. The van der Waals surface area contributed by atoms with Gasteiger partial charge in [0.05, 0.1) is 0 Å². The van der Waals surface area contributed by atoms with Gasteiger partial charge in [-0.15, -0.1) is 0 Å². The van der Waals surface area contributed by atoms with Crippen molar-refractivity contribution in [1.82, 2.24) is 0 Å². The molecule has 29 heavy (non-hydrogen) atoms. The number of rotatable bonds is 23. The molecule has 0 aromatic rings. The predicted octanol–water partition coefficient (Wildman–Crippen LogP) is 9.60. The molecule has 0 saturated carbocycles. The van der Waals surface area contributed by atoms with Crippen LogP contribution in [0.5, 0.6) is 0 Å². The Labute approximate surface area is 188 Å². The van der Waals surface area contributed by atoms with Crippen LogP contribution in [0.1, 0.15) is 136 Å². The number of hydrogen-bond donors (Lipinski definition) is 1. The molecule has 0 aromatic heterocycles. The number of carboxylic acid groups (broad SMARTS) is 1. The van der Waals surface area contributed by atoms with E-state index in [9.17, 15) is 9.90 Å². The summed E-state index contributed by atoms with van der Waals surface area (Å²) in [4.78, 5) is 11.8. The van der Waals surface area contributed by atoms with Gasteiger partial charge in [0.15, 0.2) is 0 Å². The second kappa shape index (κ2) is 21.5. The zero-order valence-electron chi connectivity index (χ0n) is 20.4. The summed E-state index contributed by atoms with van der Waals surface area (Å²) in [5.74, 6) is -0.487. The minimum absolute atomic E-state index is 0.487. The van der Waals surface area contributed by atoms with Gasteiger partial charge in [-0.3, -0.25) is 0 Å². The van der Waals surface area contributed by atoms with E-state index in [1.54, 1.807) is 0 Å². The molecule has 1 radical (unpaired) electrons. The van der Waals surface area contributed by atoms with Crippen molar-refractivity contribution in [2.24, 2.45) is 0 Å². The van der Waals surface area contributed by atoms with Gasteiger partial charge < -0.3 is 0 Å². The molecule has 0 aliphatic rings. The topological polar surface area (TPSA) is 37.3 Å². The van der Waals surface area contributed by atoms with Crippen LogP contribution in [0, 0.1) is 0 Å². The molecule has 0 heterocycles. The van der Waals surface area contributed by atoms with E-state index < -0.39 is 24.8 Å². The van der Waals surface area contributed by atoms with Crippen LogP contribution in [0.4, 0.5) is 0 Å². The molecule has 0 aliphatic carbocycles. The second-order valence-corrected chi connectivity index (χ2v) is 21.8. The molecule has 0 unspecified atom stereocenters. The molecule has 0 bridgehead atoms. The molecule has 0 saturated heterocycles. The molecule has 0 aromatic carbocycles. The standard InChI is InChI=1S/3C8H17.C2H3O2.Sb/c3*1-3-5-7-8-6-4-2;1-2(3)4;/h3*1,3-8H2,2H3;1H2,(H,3,4);. The van der Waals surface area contributed by atoms with Crippen molar-refractivity contribution in [3.63, 3.8) is 0 Å². The first-order valence-corrected chi connectivity index (χ1v) is 20.4. The van der Waals surface area contributed by atoms with Gasteiger partial charge in [-0.1, -0.05) is 0 Å². The van der Waals surface area contributed by atoms with Gasteiger partial charge >= 0.3 is 188 Å². The van der Waals surface area contributed by atoms with E-state index in [2.05, 4.69) is 20.8 Å². The summed E-state index contributed by atoms with van der Waals surface area (Å²) in [6.45, 7) is 6.82. The van der Waals surface area contributed by atoms with Gasteiger partial charge in [-0.2, -0.15) is 0 Å². The minimum atomic E-state index is -2.42. The number of carboxylic acids is 1. The summed E-state index contributed by atoms with van der Waals surface area (Å²) in [7, 11) is 0. The van der Waals surface area contributed by atoms with Crippen LogP contribution in [0.2, 0.25) is 17.5 Å². The third-order valence-corrected chi connectivity index (χ3v) is 19.9. The zero-order valence-corrected chi connectivity index (χ0v) is 22.9. The number of unbranched alkanes of at least 4 members (excludes halogenated alkanes) is 15. The SMILES string of the molecule is CCCCCCC[CH2][Sb]([CH2]CCCCCCC)([CH2]CCCCCCC)[CH2]C(=O)O. The normalized spacial score (nSPS) is 11.8. The van der Waals surface area contributed by atoms with Crippen molar-refractivity contribution < 1.29 is 9.90 Å². The summed E-state index contributed by atoms with van der Waals surface area (Å²) in [5.41, 5.74) is 0. The van der Waals surface area contributed by atoms with Crippen LogP contribution in [-0.2, 0) is 4.79 Å². The van der Waals surface area contributed by atoms with Gasteiger partial charge in [0.1, 0.15) is 0 Å². The monoisotopic (exact) mass is 519 g/mol. The van der Waals surface area contributed by atoms with Gasteiger partial charge in [0.25, 0.3) is 0 Å². The molecular weight excluding hydrogens is 466 g/mol. The number of hydrogen-bond acceptors (Lipinski definition) is 1. The number of aliphatic carboxylic acids is 1. The second-order valence-electron chi connectivity index (χ2n) is 9.37. The third-order valence-electron chi connectivity index (χ3n) is 6.43. The first-order valence-electron chi connectivity index (χ1n) is 13.2. The van der Waals surface area contributed by atoms with Crippen molar-refractivity contribution in [3.8, 4) is 0 Å². The molecule has 1 N–H and O–H groups in total. The Hall–Kier alpha value is 0.288. The predicted molar refractivity (Wildman–Crippen MR) is 133 cm³/mol. The van der Waals surface area contributed by atoms with E-state index in [-0.39, 0.29) is 0 Å². The van der Waals surface area contributed by atoms with Crippen molar-refractivity contribution in [2.75, 3.05) is 0 Å². The van der Waals surface area contributed by atoms with E-state index in [1.165, 1.54) is 129 Å². The summed E-state index contributed by atoms with van der Waals surface area (Å²) in [6.07, 6.45) is 24.1. The van der Waals surface area contributed by atoms with Crippen LogP contribution in [0.3, 0.4) is 0 Å². The third kappa shape index (κ3) is 18.8. The van der Waals surface area contributed by atoms with E-state index in [1.807, 2.05) is 0 Å². The average Bonchev–Trinajstić information content (AvgIpc) is 2.69. The molecule has 0 aliphatic heterocycles. The molecule has 0 rings (SSSR count). The Morgan fingerprint density at radius 3 is 1.07 bits per heavy atom. The summed E-state index contributed by atoms with van der Waals surface area (Å²) < 4.78 is 4.60. The fraction of sp³-hybridized carbons (Fsp3) is 0.962. The molecule has 3 heteroatoms. The summed E-state index contributed by atoms with van der Waals surface area (Å²) in [5, 5.41) is 9.72. The van der Waals surface area contributed by atoms with Crippen molar-refractivity contribution in [1.29, 1.82) is 0 Å². The quantitative estimate of drug-likeness (QED) is 0.108. The van der Waals surface area contributed by atoms with Gasteiger partial charge in [-0.05, 0) is 0 Å². The maximum atomic E-state index is 11.8. The Bertz CT molecular complexity index is 316. The first kappa shape index (κ1) is 29.3. The van der Waals surface area contributed by atoms with E-state index in [4.69, 9.17) is 0 Å². The Kier molecular flexibility index (Phi) is 21.7. The van der Waals surface area contributed by atoms with Crippen LogP contribution in [-0.4, -0.2) is 29.9 Å². The van der Waals surface area contributed by atoms with Gasteiger partial charge in [-0.25, -0.2) is 0 Å². The molecular formula is C26H54O2Sb. The van der Waals surface area contributed by atoms with Gasteiger partial charge in [0.2, 0.25) is 0 Å². The molecule has 0 fully saturated rings. The Morgan fingerprint density at radius 1 is 0.517 bits per heavy atom. The van der Waals surface area contributed by atoms with Crippen LogP contribution >= 0.6 is 0 Å². The Balaban J connectivity index is 4.59. The first-order chi connectivity index (χ1) is 14.1. The fourth-order valence-electron chi connectivity index (χ4n) is 4.54. The Morgan fingerprint density at radius 2 is 0.793 bits per heavy atom. The van der Waals surface area contributed by atoms with E-state index in [0.29, 0.717) is 4.37 Å².